The van der Waals surface area contributed by atoms with E-state index >= 15 is 0 Å². The first kappa shape index (κ1) is 52.2. The topological polar surface area (TPSA) is 302 Å². The van der Waals surface area contributed by atoms with Gasteiger partial charge in [0.1, 0.15) is 23.0 Å². The summed E-state index contributed by atoms with van der Waals surface area (Å²) in [5.74, 6) is -1.33. The molecule has 0 radical (unpaired) electrons. The molecule has 24 heteroatoms. The van der Waals surface area contributed by atoms with Gasteiger partial charge < -0.3 is 66.0 Å². The van der Waals surface area contributed by atoms with Gasteiger partial charge in [-0.05, 0) is 24.1 Å². The third kappa shape index (κ3) is 17.4. The fourth-order valence-electron chi connectivity index (χ4n) is 7.07. The molecule has 9 N–H and O–H groups in total. The molecule has 0 bridgehead atoms. The van der Waals surface area contributed by atoms with Crippen LogP contribution in [0.15, 0.2) is 36.7 Å². The Bertz CT molecular complexity index is 2190. The highest BCUT2D eigenvalue weighted by Gasteiger charge is 2.25. The van der Waals surface area contributed by atoms with Crippen LogP contribution in [0.2, 0.25) is 0 Å². The Morgan fingerprint density at radius 3 is 2.37 bits per heavy atom. The summed E-state index contributed by atoms with van der Waals surface area (Å²) in [6.45, 7) is 10.0. The van der Waals surface area contributed by atoms with Crippen molar-refractivity contribution in [3.8, 4) is 5.75 Å². The number of benzene rings is 1. The monoisotopic (exact) mass is 955 g/mol. The number of carbonyl (C=O) groups excluding carboxylic acids is 2. The Morgan fingerprint density at radius 2 is 1.66 bits per heavy atom. The number of aromatic nitrogens is 6. The number of nitrogen functional groups attached to an aromatic ring is 1. The molecule has 1 aliphatic rings. The first-order chi connectivity index (χ1) is 32.4. The van der Waals surface area contributed by atoms with Gasteiger partial charge in [-0.25, -0.2) is 14.5 Å². The minimum Gasteiger partial charge on any atom is -0.496 e. The molecule has 5 rings (SSSR count). The van der Waals surface area contributed by atoms with Crippen LogP contribution in [0.25, 0.3) is 11.0 Å². The SMILES string of the molecule is CCCCCNc1nc(N)nc2ccn(Cc3ccc(CN4CCN(C(=O)NCCOCCOCCOCCn5cc(CNC(=O)[C@H](CC(=O)O)SC[C@H](N)C(=O)O)nn5)CC4)cc3OC)c12. The predicted molar refractivity (Wildman–Crippen MR) is 251 cm³/mol. The normalized spacial score (nSPS) is 13.9. The van der Waals surface area contributed by atoms with E-state index in [0.717, 1.165) is 90.9 Å². The largest absolute Gasteiger partial charge is 0.496 e. The Kier molecular flexibility index (Phi) is 21.6. The molecule has 0 saturated carbocycles. The second-order valence-electron chi connectivity index (χ2n) is 15.8. The van der Waals surface area contributed by atoms with E-state index in [2.05, 4.69) is 70.8 Å². The predicted octanol–water partition coefficient (Wildman–Crippen LogP) is 1.45. The minimum atomic E-state index is -1.24. The van der Waals surface area contributed by atoms with Crippen LogP contribution in [0.4, 0.5) is 16.6 Å². The number of ether oxygens (including phenoxy) is 4. The molecule has 368 valence electrons. The van der Waals surface area contributed by atoms with Crippen molar-refractivity contribution in [1.29, 1.82) is 0 Å². The van der Waals surface area contributed by atoms with Crippen molar-refractivity contribution in [2.45, 2.75) is 70.1 Å². The van der Waals surface area contributed by atoms with E-state index < -0.39 is 35.6 Å². The van der Waals surface area contributed by atoms with Gasteiger partial charge in [0.15, 0.2) is 5.82 Å². The van der Waals surface area contributed by atoms with E-state index in [4.69, 9.17) is 40.6 Å². The summed E-state index contributed by atoms with van der Waals surface area (Å²) in [6, 6.07) is 6.96. The first-order valence-electron chi connectivity index (χ1n) is 22.4. The maximum Gasteiger partial charge on any atom is 0.321 e. The van der Waals surface area contributed by atoms with Crippen LogP contribution in [0.1, 0.15) is 49.4 Å². The molecule has 1 saturated heterocycles. The molecule has 67 heavy (non-hydrogen) atoms. The van der Waals surface area contributed by atoms with Gasteiger partial charge in [-0.3, -0.25) is 19.3 Å². The van der Waals surface area contributed by atoms with Gasteiger partial charge in [-0.15, -0.1) is 16.9 Å². The zero-order valence-electron chi connectivity index (χ0n) is 38.3. The van der Waals surface area contributed by atoms with Crippen molar-refractivity contribution in [3.63, 3.8) is 0 Å². The van der Waals surface area contributed by atoms with Crippen molar-refractivity contribution in [2.24, 2.45) is 5.73 Å². The van der Waals surface area contributed by atoms with Gasteiger partial charge in [0, 0.05) is 63.3 Å². The van der Waals surface area contributed by atoms with E-state index in [9.17, 15) is 19.2 Å². The molecule has 3 aromatic heterocycles. The molecule has 1 fully saturated rings. The molecule has 1 aromatic carbocycles. The van der Waals surface area contributed by atoms with Crippen LogP contribution in [0.5, 0.6) is 5.75 Å². The van der Waals surface area contributed by atoms with Gasteiger partial charge in [0.05, 0.1) is 89.8 Å². The molecular formula is C43H65N13O10S. The number of nitrogens with two attached hydrogens (primary N) is 2. The Balaban J connectivity index is 0.889. The van der Waals surface area contributed by atoms with Crippen molar-refractivity contribution in [2.75, 3.05) is 103 Å². The number of anilines is 2. The number of piperazine rings is 1. The molecule has 3 amide bonds. The molecule has 1 aliphatic heterocycles. The zero-order chi connectivity index (χ0) is 48.0. The Labute approximate surface area is 393 Å². The molecule has 2 atom stereocenters. The summed E-state index contributed by atoms with van der Waals surface area (Å²) in [6.07, 6.45) is 6.48. The number of unbranched alkanes of at least 4 members (excludes halogenated alkanes) is 2. The van der Waals surface area contributed by atoms with Gasteiger partial charge in [0.25, 0.3) is 0 Å². The summed E-state index contributed by atoms with van der Waals surface area (Å²) in [4.78, 5) is 60.6. The molecule has 0 spiro atoms. The summed E-state index contributed by atoms with van der Waals surface area (Å²) < 4.78 is 26.3. The van der Waals surface area contributed by atoms with Crippen LogP contribution in [-0.2, 0) is 54.8 Å². The fraction of sp³-hybridized carbons (Fsp3) is 0.581. The smallest absolute Gasteiger partial charge is 0.321 e. The zero-order valence-corrected chi connectivity index (χ0v) is 39.1. The number of methoxy groups -OCH3 is 1. The number of carbonyl (C=O) groups is 4. The standard InChI is InChI=1S/C43H65N13O10S/c1-3-4-5-9-46-39-38-34(49-42(45)50-39)8-11-55(38)27-31-7-6-30(23-35(31)63-2)26-53-12-14-54(15-13-53)43(62)47-10-17-64-19-21-66-22-20-65-18-16-56-28-32(51-52-56)25-48-40(59)36(24-37(57)58)67-29-33(44)41(60)61/h6-8,11,23,28,33,36H,3-5,9-10,12-22,24-27,29,44H2,1-2H3,(H,47,62)(H,48,59)(H,57,58)(H,60,61)(H3,45,46,49,50)/t33-,36-/m0/s1. The summed E-state index contributed by atoms with van der Waals surface area (Å²) in [5.41, 5.74) is 15.8. The van der Waals surface area contributed by atoms with Crippen molar-refractivity contribution in [3.05, 3.63) is 53.5 Å². The van der Waals surface area contributed by atoms with Crippen LogP contribution < -0.4 is 32.2 Å². The number of urea groups is 1. The van der Waals surface area contributed by atoms with E-state index in [1.165, 1.54) is 0 Å². The van der Waals surface area contributed by atoms with E-state index in [1.807, 2.05) is 17.2 Å². The number of carboxylic acid groups (broad SMARTS) is 2. The fourth-order valence-corrected chi connectivity index (χ4v) is 8.15. The number of hydrogen-bond donors (Lipinski definition) is 7. The van der Waals surface area contributed by atoms with Gasteiger partial charge in [0.2, 0.25) is 11.9 Å². The Morgan fingerprint density at radius 1 is 0.910 bits per heavy atom. The molecule has 0 unspecified atom stereocenters. The van der Waals surface area contributed by atoms with E-state index in [0.29, 0.717) is 78.1 Å². The van der Waals surface area contributed by atoms with Crippen molar-refractivity contribution >= 4 is 58.4 Å². The number of fused-ring (bicyclic) bond motifs is 1. The van der Waals surface area contributed by atoms with E-state index in [1.54, 1.807) is 18.0 Å². The highest BCUT2D eigenvalue weighted by atomic mass is 32.2. The highest BCUT2D eigenvalue weighted by Crippen LogP contribution is 2.28. The second-order valence-corrected chi connectivity index (χ2v) is 17.0. The average Bonchev–Trinajstić information content (AvgIpc) is 3.95. The summed E-state index contributed by atoms with van der Waals surface area (Å²) in [7, 11) is 1.69. The van der Waals surface area contributed by atoms with E-state index in [-0.39, 0.29) is 24.3 Å². The summed E-state index contributed by atoms with van der Waals surface area (Å²) >= 11 is 0.871. The number of carboxylic acids is 2. The average molecular weight is 956 g/mol. The molecule has 23 nitrogen and oxygen atoms in total. The molecule has 4 aromatic rings. The highest BCUT2D eigenvalue weighted by molar-refractivity contribution is 8.00. The number of nitrogens with one attached hydrogen (secondary N) is 3. The number of rotatable bonds is 31. The minimum absolute atomic E-state index is 0.0123. The third-order valence-electron chi connectivity index (χ3n) is 10.7. The lowest BCUT2D eigenvalue weighted by atomic mass is 10.1. The lowest BCUT2D eigenvalue weighted by Gasteiger charge is -2.34. The van der Waals surface area contributed by atoms with Crippen LogP contribution >= 0.6 is 11.8 Å². The van der Waals surface area contributed by atoms with Gasteiger partial charge in [-0.1, -0.05) is 37.1 Å². The van der Waals surface area contributed by atoms with Crippen molar-refractivity contribution in [1.82, 2.24) is 50.0 Å². The van der Waals surface area contributed by atoms with Crippen LogP contribution in [0.3, 0.4) is 0 Å². The van der Waals surface area contributed by atoms with Gasteiger partial charge >= 0.3 is 18.0 Å². The number of nitrogens with zero attached hydrogens (tertiary/aromatic N) is 8. The Hall–Kier alpha value is -5.79. The maximum atomic E-state index is 12.8. The second kappa shape index (κ2) is 27.8. The number of aliphatic carboxylic acids is 2. The maximum absolute atomic E-state index is 12.8. The molecular weight excluding hydrogens is 891 g/mol. The number of amides is 3. The van der Waals surface area contributed by atoms with Crippen LogP contribution in [-0.4, -0.2) is 176 Å². The molecule has 0 aliphatic carbocycles. The number of hydrogen-bond acceptors (Lipinski definition) is 17. The lowest BCUT2D eigenvalue weighted by molar-refractivity contribution is -0.138. The first-order valence-corrected chi connectivity index (χ1v) is 23.5. The summed E-state index contributed by atoms with van der Waals surface area (Å²) in [5, 5.41) is 34.1. The van der Waals surface area contributed by atoms with Gasteiger partial charge in [-0.2, -0.15) is 4.98 Å². The third-order valence-corrected chi connectivity index (χ3v) is 12.0. The van der Waals surface area contributed by atoms with Crippen molar-refractivity contribution < 1.29 is 48.3 Å². The lowest BCUT2D eigenvalue weighted by Crippen LogP contribution is -2.51. The number of thioether (sulfide) groups is 1. The van der Waals surface area contributed by atoms with Crippen LogP contribution in [0, 0.1) is 0 Å². The quantitative estimate of drug-likeness (QED) is 0.0351. The molecule has 4 heterocycles.